The summed E-state index contributed by atoms with van der Waals surface area (Å²) in [7, 11) is 1.88. The van der Waals surface area contributed by atoms with Gasteiger partial charge in [-0.05, 0) is 68.8 Å². The van der Waals surface area contributed by atoms with E-state index >= 15 is 0 Å². The highest BCUT2D eigenvalue weighted by Gasteiger charge is 2.33. The average molecular weight is 428 g/mol. The highest BCUT2D eigenvalue weighted by molar-refractivity contribution is 7.17. The molecule has 0 bridgehead atoms. The first kappa shape index (κ1) is 21.3. The Bertz CT molecular complexity index is 890. The minimum Gasteiger partial charge on any atom is -0.494 e. The number of thiazole rings is 1. The third kappa shape index (κ3) is 4.70. The van der Waals surface area contributed by atoms with Crippen LogP contribution in [0.1, 0.15) is 55.4 Å². The lowest BCUT2D eigenvalue weighted by Crippen LogP contribution is -2.33. The smallest absolute Gasteiger partial charge is 0.265 e. The second-order valence-electron chi connectivity index (χ2n) is 9.55. The van der Waals surface area contributed by atoms with Gasteiger partial charge >= 0.3 is 0 Å². The van der Waals surface area contributed by atoms with Crippen LogP contribution in [0.25, 0.3) is 10.6 Å². The molecule has 2 aliphatic rings. The molecule has 1 atom stereocenters. The third-order valence-corrected chi connectivity index (χ3v) is 7.33. The summed E-state index contributed by atoms with van der Waals surface area (Å²) in [6.07, 6.45) is 4.52. The van der Waals surface area contributed by atoms with Crippen molar-refractivity contribution in [3.63, 3.8) is 0 Å². The van der Waals surface area contributed by atoms with Gasteiger partial charge in [-0.15, -0.1) is 11.3 Å². The largest absolute Gasteiger partial charge is 0.494 e. The van der Waals surface area contributed by atoms with E-state index in [1.165, 1.54) is 30.7 Å². The average Bonchev–Trinajstić information content (AvgIpc) is 3.28. The van der Waals surface area contributed by atoms with E-state index in [1.54, 1.807) is 0 Å². The van der Waals surface area contributed by atoms with Gasteiger partial charge in [-0.25, -0.2) is 4.98 Å². The van der Waals surface area contributed by atoms with E-state index < -0.39 is 0 Å². The molecule has 1 amide bonds. The van der Waals surface area contributed by atoms with Crippen LogP contribution in [0.15, 0.2) is 24.3 Å². The van der Waals surface area contributed by atoms with Crippen LogP contribution in [0.4, 0.5) is 0 Å². The Hall–Kier alpha value is -1.92. The number of aromatic nitrogens is 1. The maximum Gasteiger partial charge on any atom is 0.265 e. The molecule has 3 heterocycles. The number of hydrogen-bond donors (Lipinski definition) is 0. The minimum absolute atomic E-state index is 0.0333. The van der Waals surface area contributed by atoms with Gasteiger partial charge in [0.05, 0.1) is 12.3 Å². The molecule has 4 rings (SSSR count). The van der Waals surface area contributed by atoms with Crippen LogP contribution < -0.4 is 4.74 Å². The highest BCUT2D eigenvalue weighted by Crippen LogP contribution is 2.36. The molecule has 0 radical (unpaired) electrons. The molecule has 0 saturated carbocycles. The van der Waals surface area contributed by atoms with Crippen LogP contribution in [-0.4, -0.2) is 60.0 Å². The van der Waals surface area contributed by atoms with Crippen LogP contribution in [0.3, 0.4) is 0 Å². The van der Waals surface area contributed by atoms with Gasteiger partial charge in [0.15, 0.2) is 0 Å². The van der Waals surface area contributed by atoms with Gasteiger partial charge in [0, 0.05) is 31.7 Å². The monoisotopic (exact) mass is 427 g/mol. The van der Waals surface area contributed by atoms with Crippen LogP contribution >= 0.6 is 11.3 Å². The third-order valence-electron chi connectivity index (χ3n) is 6.20. The molecule has 1 unspecified atom stereocenters. The quantitative estimate of drug-likeness (QED) is 0.626. The Labute approximate surface area is 184 Å². The van der Waals surface area contributed by atoms with Gasteiger partial charge in [-0.3, -0.25) is 4.79 Å². The molecule has 162 valence electrons. The van der Waals surface area contributed by atoms with Crippen molar-refractivity contribution >= 4 is 17.2 Å². The summed E-state index contributed by atoms with van der Waals surface area (Å²) < 4.78 is 5.94. The molecule has 2 aliphatic heterocycles. The van der Waals surface area contributed by atoms with Crippen molar-refractivity contribution in [1.29, 1.82) is 0 Å². The van der Waals surface area contributed by atoms with Crippen LogP contribution in [0.5, 0.6) is 5.75 Å². The molecule has 6 heteroatoms. The normalized spacial score (nSPS) is 21.5. The summed E-state index contributed by atoms with van der Waals surface area (Å²) in [6.45, 7) is 10.5. The topological polar surface area (TPSA) is 45.7 Å². The molecule has 1 aromatic heterocycles. The van der Waals surface area contributed by atoms with Crippen molar-refractivity contribution in [3.05, 3.63) is 34.8 Å². The summed E-state index contributed by atoms with van der Waals surface area (Å²) in [5, 5.41) is 0.911. The van der Waals surface area contributed by atoms with Gasteiger partial charge in [0.25, 0.3) is 5.91 Å². The molecule has 0 N–H and O–H groups in total. The fraction of sp³-hybridized carbons (Fsp3) is 0.583. The van der Waals surface area contributed by atoms with E-state index in [9.17, 15) is 4.79 Å². The Morgan fingerprint density at radius 2 is 2.03 bits per heavy atom. The Balaban J connectivity index is 1.38. The number of fused-ring (bicyclic) bond motifs is 1. The van der Waals surface area contributed by atoms with E-state index in [0.717, 1.165) is 65.5 Å². The molecule has 5 nitrogen and oxygen atoms in total. The predicted molar refractivity (Wildman–Crippen MR) is 122 cm³/mol. The summed E-state index contributed by atoms with van der Waals surface area (Å²) in [5.41, 5.74) is 2.01. The lowest BCUT2D eigenvalue weighted by molar-refractivity contribution is 0.0758. The number of rotatable bonds is 6. The van der Waals surface area contributed by atoms with Crippen LogP contribution in [0, 0.1) is 5.41 Å². The molecule has 1 fully saturated rings. The molecular weight excluding hydrogens is 394 g/mol. The number of likely N-dealkylation sites (tertiary alicyclic amines) is 1. The zero-order valence-electron chi connectivity index (χ0n) is 18.6. The summed E-state index contributed by atoms with van der Waals surface area (Å²) in [5.74, 6) is 0.981. The number of amides is 1. The SMILES string of the molecule is CC1CCCN1CCCOc1ccc(-c2nc3c(s2)C(=O)N(C)CC(C)(C)C3)cc1. The van der Waals surface area contributed by atoms with Crippen molar-refractivity contribution in [2.75, 3.05) is 33.3 Å². The first-order valence-electron chi connectivity index (χ1n) is 11.0. The second-order valence-corrected chi connectivity index (χ2v) is 10.5. The zero-order chi connectivity index (χ0) is 21.3. The maximum absolute atomic E-state index is 12.8. The maximum atomic E-state index is 12.8. The van der Waals surface area contributed by atoms with Crippen molar-refractivity contribution in [2.45, 2.75) is 52.5 Å². The number of carbonyl (C=O) groups is 1. The van der Waals surface area contributed by atoms with Gasteiger partial charge in [-0.1, -0.05) is 13.8 Å². The van der Waals surface area contributed by atoms with Crippen molar-refractivity contribution in [2.24, 2.45) is 5.41 Å². The molecule has 30 heavy (non-hydrogen) atoms. The van der Waals surface area contributed by atoms with Gasteiger partial charge in [0.1, 0.15) is 15.6 Å². The van der Waals surface area contributed by atoms with Crippen molar-refractivity contribution in [1.82, 2.24) is 14.8 Å². The molecule has 1 aromatic carbocycles. The fourth-order valence-electron chi connectivity index (χ4n) is 4.63. The lowest BCUT2D eigenvalue weighted by atomic mass is 9.88. The van der Waals surface area contributed by atoms with Gasteiger partial charge < -0.3 is 14.5 Å². The molecule has 0 aliphatic carbocycles. The predicted octanol–water partition coefficient (Wildman–Crippen LogP) is 4.72. The zero-order valence-corrected chi connectivity index (χ0v) is 19.4. The van der Waals surface area contributed by atoms with Crippen LogP contribution in [0.2, 0.25) is 0 Å². The number of carbonyl (C=O) groups excluding carboxylic acids is 1. The van der Waals surface area contributed by atoms with E-state index in [1.807, 2.05) is 24.1 Å². The second kappa shape index (κ2) is 8.67. The highest BCUT2D eigenvalue weighted by atomic mass is 32.1. The van der Waals surface area contributed by atoms with Crippen molar-refractivity contribution in [3.8, 4) is 16.3 Å². The molecule has 1 saturated heterocycles. The summed E-state index contributed by atoms with van der Waals surface area (Å²) in [4.78, 5) is 22.8. The molecule has 2 aromatic rings. The number of nitrogens with zero attached hydrogens (tertiary/aromatic N) is 3. The van der Waals surface area contributed by atoms with E-state index in [4.69, 9.17) is 9.72 Å². The Morgan fingerprint density at radius 1 is 1.27 bits per heavy atom. The summed E-state index contributed by atoms with van der Waals surface area (Å²) in [6, 6.07) is 8.84. The number of hydrogen-bond acceptors (Lipinski definition) is 5. The van der Waals surface area contributed by atoms with E-state index in [2.05, 4.69) is 37.8 Å². The lowest BCUT2D eigenvalue weighted by Gasteiger charge is -2.26. The van der Waals surface area contributed by atoms with E-state index in [-0.39, 0.29) is 11.3 Å². The van der Waals surface area contributed by atoms with Gasteiger partial charge in [-0.2, -0.15) is 0 Å². The number of ether oxygens (including phenoxy) is 1. The number of benzene rings is 1. The first-order chi connectivity index (χ1) is 14.3. The molecular formula is C24H33N3O2S. The first-order valence-corrected chi connectivity index (χ1v) is 11.9. The van der Waals surface area contributed by atoms with Crippen molar-refractivity contribution < 1.29 is 9.53 Å². The molecule has 0 spiro atoms. The standard InChI is InChI=1S/C24H33N3O2S/c1-17-7-5-12-27(17)13-6-14-29-19-10-8-18(9-11-19)22-25-20-15-24(2,3)16-26(4)23(28)21(20)30-22/h8-11,17H,5-7,12-16H2,1-4H3. The van der Waals surface area contributed by atoms with Gasteiger partial charge in [0.2, 0.25) is 0 Å². The Kier molecular flexibility index (Phi) is 6.16. The van der Waals surface area contributed by atoms with E-state index in [0.29, 0.717) is 0 Å². The summed E-state index contributed by atoms with van der Waals surface area (Å²) >= 11 is 1.51. The Morgan fingerprint density at radius 3 is 2.73 bits per heavy atom. The fourth-order valence-corrected chi connectivity index (χ4v) is 5.72. The minimum atomic E-state index is 0.0333. The van der Waals surface area contributed by atoms with Crippen LogP contribution in [-0.2, 0) is 6.42 Å².